The fourth-order valence-corrected chi connectivity index (χ4v) is 2.75. The van der Waals surface area contributed by atoms with Gasteiger partial charge in [-0.05, 0) is 36.8 Å². The van der Waals surface area contributed by atoms with Gasteiger partial charge in [-0.2, -0.15) is 0 Å². The van der Waals surface area contributed by atoms with Crippen LogP contribution in [0.15, 0.2) is 54.6 Å². The first-order chi connectivity index (χ1) is 13.7. The average molecular weight is 389 g/mol. The number of aliphatic hydroxyl groups is 2. The topological polar surface area (TPSA) is 97.2 Å². The number of carbonyl (C=O) groups excluding carboxylic acids is 1. The Morgan fingerprint density at radius 3 is 2.54 bits per heavy atom. The quantitative estimate of drug-likeness (QED) is 0.546. The summed E-state index contributed by atoms with van der Waals surface area (Å²) in [4.78, 5) is 12.5. The Hall–Kier alpha value is -2.61. The Bertz CT molecular complexity index is 703. The Labute approximate surface area is 164 Å². The van der Waals surface area contributed by atoms with E-state index in [0.29, 0.717) is 30.0 Å². The molecule has 2 rings (SSSR count). The highest BCUT2D eigenvalue weighted by Crippen LogP contribution is 2.29. The van der Waals surface area contributed by atoms with Gasteiger partial charge in [0.25, 0.3) is 0 Å². The number of anilines is 1. The van der Waals surface area contributed by atoms with Crippen molar-refractivity contribution >= 4 is 11.8 Å². The Kier molecular flexibility index (Phi) is 9.27. The van der Waals surface area contributed by atoms with Gasteiger partial charge in [-0.1, -0.05) is 30.3 Å². The molecule has 0 heterocycles. The Morgan fingerprint density at radius 2 is 1.86 bits per heavy atom. The minimum atomic E-state index is -0.742. The third-order valence-electron chi connectivity index (χ3n) is 3.93. The first-order valence-electron chi connectivity index (χ1n) is 9.26. The summed E-state index contributed by atoms with van der Waals surface area (Å²) in [5, 5.41) is 21.0. The van der Waals surface area contributed by atoms with Crippen molar-refractivity contribution in [2.24, 2.45) is 0 Å². The highest BCUT2D eigenvalue weighted by atomic mass is 16.6. The maximum absolute atomic E-state index is 12.5. The van der Waals surface area contributed by atoms with Crippen molar-refractivity contribution in [3.05, 3.63) is 60.2 Å². The van der Waals surface area contributed by atoms with Crippen molar-refractivity contribution in [2.45, 2.75) is 25.6 Å². The number of carbonyl (C=O) groups is 1. The summed E-state index contributed by atoms with van der Waals surface area (Å²) in [7, 11) is 0. The molecule has 2 atom stereocenters. The van der Waals surface area contributed by atoms with Gasteiger partial charge >= 0.3 is 6.09 Å². The summed E-state index contributed by atoms with van der Waals surface area (Å²) in [6, 6.07) is 16.0. The van der Waals surface area contributed by atoms with Crippen molar-refractivity contribution in [1.29, 1.82) is 0 Å². The lowest BCUT2D eigenvalue weighted by Crippen LogP contribution is -2.29. The molecule has 2 aromatic rings. The van der Waals surface area contributed by atoms with Crippen LogP contribution in [0.3, 0.4) is 0 Å². The molecule has 0 radical (unpaired) electrons. The number of hydrogen-bond donors (Lipinski definition) is 3. The van der Waals surface area contributed by atoms with Crippen LogP contribution in [0.1, 0.15) is 25.0 Å². The van der Waals surface area contributed by atoms with E-state index in [1.807, 2.05) is 25.1 Å². The van der Waals surface area contributed by atoms with E-state index >= 15 is 0 Å². The van der Waals surface area contributed by atoms with E-state index in [1.165, 1.54) is 0 Å². The van der Waals surface area contributed by atoms with Crippen molar-refractivity contribution < 1.29 is 29.2 Å². The molecule has 28 heavy (non-hydrogen) atoms. The molecule has 0 fully saturated rings. The van der Waals surface area contributed by atoms with Crippen LogP contribution in [0.2, 0.25) is 0 Å². The molecule has 152 valence electrons. The summed E-state index contributed by atoms with van der Waals surface area (Å²) < 4.78 is 16.9. The SMILES string of the molecule is CCO[C@H](CCO)[C@H](OC(=O)Nc1ccccc1)c1cccc(OCCO)c1. The second-order valence-electron chi connectivity index (χ2n) is 5.97. The van der Waals surface area contributed by atoms with Crippen LogP contribution in [0, 0.1) is 0 Å². The van der Waals surface area contributed by atoms with Gasteiger partial charge in [0, 0.05) is 25.3 Å². The maximum Gasteiger partial charge on any atom is 0.412 e. The van der Waals surface area contributed by atoms with Crippen LogP contribution < -0.4 is 10.1 Å². The first-order valence-corrected chi connectivity index (χ1v) is 9.26. The number of ether oxygens (including phenoxy) is 3. The van der Waals surface area contributed by atoms with E-state index in [0.717, 1.165) is 0 Å². The van der Waals surface area contributed by atoms with Gasteiger partial charge in [-0.3, -0.25) is 5.32 Å². The zero-order chi connectivity index (χ0) is 20.2. The van der Waals surface area contributed by atoms with Gasteiger partial charge < -0.3 is 24.4 Å². The molecular weight excluding hydrogens is 362 g/mol. The number of amides is 1. The fraction of sp³-hybridized carbons (Fsp3) is 0.381. The van der Waals surface area contributed by atoms with E-state index in [4.69, 9.17) is 19.3 Å². The summed E-state index contributed by atoms with van der Waals surface area (Å²) in [5.74, 6) is 0.544. The third kappa shape index (κ3) is 6.84. The number of aliphatic hydroxyl groups excluding tert-OH is 2. The number of rotatable bonds is 11. The summed E-state index contributed by atoms with van der Waals surface area (Å²) in [5.41, 5.74) is 1.28. The van der Waals surface area contributed by atoms with E-state index in [-0.39, 0.29) is 19.8 Å². The maximum atomic E-state index is 12.5. The third-order valence-corrected chi connectivity index (χ3v) is 3.93. The molecule has 1 amide bonds. The highest BCUT2D eigenvalue weighted by Gasteiger charge is 2.28. The fourth-order valence-electron chi connectivity index (χ4n) is 2.75. The second-order valence-corrected chi connectivity index (χ2v) is 5.97. The van der Waals surface area contributed by atoms with Crippen LogP contribution in [-0.4, -0.2) is 48.8 Å². The van der Waals surface area contributed by atoms with E-state index < -0.39 is 18.3 Å². The van der Waals surface area contributed by atoms with Crippen molar-refractivity contribution in [3.63, 3.8) is 0 Å². The number of para-hydroxylation sites is 1. The molecular formula is C21H27NO6. The van der Waals surface area contributed by atoms with Crippen molar-refractivity contribution in [1.82, 2.24) is 0 Å². The molecule has 0 unspecified atom stereocenters. The van der Waals surface area contributed by atoms with Crippen LogP contribution in [0.25, 0.3) is 0 Å². The normalized spacial score (nSPS) is 12.8. The summed E-state index contributed by atoms with van der Waals surface area (Å²) >= 11 is 0. The smallest absolute Gasteiger partial charge is 0.412 e. The molecule has 0 saturated heterocycles. The van der Waals surface area contributed by atoms with Crippen LogP contribution in [-0.2, 0) is 9.47 Å². The molecule has 0 aliphatic rings. The Morgan fingerprint density at radius 1 is 1.07 bits per heavy atom. The Balaban J connectivity index is 2.22. The van der Waals surface area contributed by atoms with E-state index in [9.17, 15) is 9.90 Å². The van der Waals surface area contributed by atoms with Crippen molar-refractivity contribution in [2.75, 3.05) is 31.7 Å². The van der Waals surface area contributed by atoms with E-state index in [2.05, 4.69) is 5.32 Å². The van der Waals surface area contributed by atoms with Crippen molar-refractivity contribution in [3.8, 4) is 5.75 Å². The summed E-state index contributed by atoms with van der Waals surface area (Å²) in [6.45, 7) is 2.20. The van der Waals surface area contributed by atoms with Crippen LogP contribution in [0.4, 0.5) is 10.5 Å². The first kappa shape index (κ1) is 21.7. The largest absolute Gasteiger partial charge is 0.491 e. The standard InChI is InChI=1S/C21H27NO6/c1-2-26-19(11-12-23)20(16-7-6-10-18(15-16)27-14-13-24)28-21(25)22-17-8-4-3-5-9-17/h3-10,15,19-20,23-24H,2,11-14H2,1H3,(H,22,25)/t19-,20-/m1/s1. The molecule has 0 aliphatic carbocycles. The zero-order valence-electron chi connectivity index (χ0n) is 15.9. The van der Waals surface area contributed by atoms with E-state index in [1.54, 1.807) is 36.4 Å². The lowest BCUT2D eigenvalue weighted by Gasteiger charge is -2.27. The minimum Gasteiger partial charge on any atom is -0.491 e. The second kappa shape index (κ2) is 12.0. The van der Waals surface area contributed by atoms with Crippen LogP contribution >= 0.6 is 0 Å². The zero-order valence-corrected chi connectivity index (χ0v) is 15.9. The lowest BCUT2D eigenvalue weighted by molar-refractivity contribution is -0.0484. The van der Waals surface area contributed by atoms with Crippen LogP contribution in [0.5, 0.6) is 5.75 Å². The molecule has 0 aromatic heterocycles. The van der Waals surface area contributed by atoms with Gasteiger partial charge in [0.1, 0.15) is 18.5 Å². The molecule has 7 nitrogen and oxygen atoms in total. The van der Waals surface area contributed by atoms with Gasteiger partial charge in [0.15, 0.2) is 6.10 Å². The number of nitrogens with one attached hydrogen (secondary N) is 1. The lowest BCUT2D eigenvalue weighted by atomic mass is 10.0. The van der Waals surface area contributed by atoms with Gasteiger partial charge in [-0.25, -0.2) is 4.79 Å². The number of hydrogen-bond acceptors (Lipinski definition) is 6. The molecule has 2 aromatic carbocycles. The molecule has 3 N–H and O–H groups in total. The number of benzene rings is 2. The molecule has 0 bridgehead atoms. The minimum absolute atomic E-state index is 0.101. The monoisotopic (exact) mass is 389 g/mol. The predicted molar refractivity (Wildman–Crippen MR) is 105 cm³/mol. The molecule has 0 saturated carbocycles. The van der Waals surface area contributed by atoms with Gasteiger partial charge in [-0.15, -0.1) is 0 Å². The highest BCUT2D eigenvalue weighted by molar-refractivity contribution is 5.84. The summed E-state index contributed by atoms with van der Waals surface area (Å²) in [6.07, 6.45) is -1.59. The average Bonchev–Trinajstić information content (AvgIpc) is 2.71. The molecule has 0 spiro atoms. The molecule has 7 heteroatoms. The molecule has 0 aliphatic heterocycles. The predicted octanol–water partition coefficient (Wildman–Crippen LogP) is 3.14. The van der Waals surface area contributed by atoms with Gasteiger partial charge in [0.2, 0.25) is 0 Å². The van der Waals surface area contributed by atoms with Gasteiger partial charge in [0.05, 0.1) is 6.61 Å².